The molecule has 0 amide bonds. The van der Waals surface area contributed by atoms with Gasteiger partial charge in [0.25, 0.3) is 0 Å². The first-order valence-corrected chi connectivity index (χ1v) is 5.84. The molecular weight excluding hydrogens is 186 g/mol. The van der Waals surface area contributed by atoms with Gasteiger partial charge in [-0.15, -0.1) is 0 Å². The lowest BCUT2D eigenvalue weighted by atomic mass is 9.79. The molecule has 0 aromatic carbocycles. The Morgan fingerprint density at radius 3 is 2.80 bits per heavy atom. The molecule has 2 saturated carbocycles. The normalized spacial score (nSPS) is 38.5. The maximum atomic E-state index is 10.7. The molecule has 0 spiro atoms. The van der Waals surface area contributed by atoms with E-state index in [0.717, 1.165) is 23.6 Å². The molecule has 2 heteroatoms. The van der Waals surface area contributed by atoms with E-state index in [2.05, 4.69) is 4.98 Å². The predicted molar refractivity (Wildman–Crippen MR) is 58.3 cm³/mol. The summed E-state index contributed by atoms with van der Waals surface area (Å²) in [7, 11) is 0. The van der Waals surface area contributed by atoms with Gasteiger partial charge < -0.3 is 5.11 Å². The minimum Gasteiger partial charge on any atom is -0.385 e. The third-order valence-corrected chi connectivity index (χ3v) is 4.23. The fourth-order valence-corrected chi connectivity index (χ4v) is 3.38. The molecule has 0 radical (unpaired) electrons. The van der Waals surface area contributed by atoms with E-state index >= 15 is 0 Å². The molecule has 2 bridgehead atoms. The second kappa shape index (κ2) is 3.05. The number of aromatic nitrogens is 1. The Hall–Kier alpha value is -0.890. The zero-order valence-corrected chi connectivity index (χ0v) is 9.11. The van der Waals surface area contributed by atoms with Crippen LogP contribution in [0.2, 0.25) is 0 Å². The van der Waals surface area contributed by atoms with Crippen LogP contribution in [0.3, 0.4) is 0 Å². The predicted octanol–water partition coefficient (Wildman–Crippen LogP) is 2.40. The summed E-state index contributed by atoms with van der Waals surface area (Å²) in [6.07, 6.45) is 6.52. The van der Waals surface area contributed by atoms with E-state index < -0.39 is 5.60 Å². The molecule has 3 unspecified atom stereocenters. The summed E-state index contributed by atoms with van der Waals surface area (Å²) in [5, 5.41) is 10.7. The van der Waals surface area contributed by atoms with Crippen LogP contribution in [0.1, 0.15) is 36.9 Å². The van der Waals surface area contributed by atoms with Gasteiger partial charge in [0.2, 0.25) is 0 Å². The largest absolute Gasteiger partial charge is 0.385 e. The molecule has 1 aromatic heterocycles. The van der Waals surface area contributed by atoms with Crippen molar-refractivity contribution in [3.05, 3.63) is 29.6 Å². The van der Waals surface area contributed by atoms with Crippen molar-refractivity contribution in [3.8, 4) is 0 Å². The van der Waals surface area contributed by atoms with Gasteiger partial charge in [-0.2, -0.15) is 0 Å². The van der Waals surface area contributed by atoms with Crippen LogP contribution in [0.5, 0.6) is 0 Å². The maximum Gasteiger partial charge on any atom is 0.0942 e. The van der Waals surface area contributed by atoms with Gasteiger partial charge in [-0.3, -0.25) is 4.98 Å². The molecule has 1 N–H and O–H groups in total. The minimum atomic E-state index is -0.566. The van der Waals surface area contributed by atoms with Gasteiger partial charge in [0.1, 0.15) is 0 Å². The summed E-state index contributed by atoms with van der Waals surface area (Å²) in [6, 6.07) is 4.04. The summed E-state index contributed by atoms with van der Waals surface area (Å²) in [4.78, 5) is 4.29. The number of hydrogen-bond donors (Lipinski definition) is 1. The molecule has 0 saturated heterocycles. The third-order valence-electron chi connectivity index (χ3n) is 4.23. The van der Waals surface area contributed by atoms with E-state index in [9.17, 15) is 5.11 Å². The van der Waals surface area contributed by atoms with Gasteiger partial charge in [-0.1, -0.05) is 6.07 Å². The molecule has 2 aliphatic carbocycles. The molecule has 1 aromatic rings. The molecule has 2 aliphatic rings. The average molecular weight is 203 g/mol. The van der Waals surface area contributed by atoms with Gasteiger partial charge in [0, 0.05) is 17.5 Å². The lowest BCUT2D eigenvalue weighted by Gasteiger charge is -2.32. The highest BCUT2D eigenvalue weighted by molar-refractivity contribution is 5.24. The first-order chi connectivity index (χ1) is 7.18. The first-order valence-electron chi connectivity index (χ1n) is 5.84. The summed E-state index contributed by atoms with van der Waals surface area (Å²) in [6.45, 7) is 1.98. The van der Waals surface area contributed by atoms with E-state index in [0.29, 0.717) is 5.92 Å². The minimum absolute atomic E-state index is 0.479. The number of aliphatic hydroxyl groups is 1. The lowest BCUT2D eigenvalue weighted by Crippen LogP contribution is -2.32. The molecule has 2 nitrogen and oxygen atoms in total. The van der Waals surface area contributed by atoms with Crippen LogP contribution < -0.4 is 0 Å². The number of pyridine rings is 1. The first kappa shape index (κ1) is 9.34. The van der Waals surface area contributed by atoms with E-state index in [1.165, 1.54) is 19.3 Å². The second-order valence-corrected chi connectivity index (χ2v) is 5.19. The van der Waals surface area contributed by atoms with Crippen molar-refractivity contribution in [1.82, 2.24) is 4.98 Å². The van der Waals surface area contributed by atoms with Gasteiger partial charge >= 0.3 is 0 Å². The lowest BCUT2D eigenvalue weighted by molar-refractivity contribution is -0.0185. The second-order valence-electron chi connectivity index (χ2n) is 5.19. The van der Waals surface area contributed by atoms with Crippen molar-refractivity contribution in [1.29, 1.82) is 0 Å². The average Bonchev–Trinajstić information content (AvgIpc) is 2.78. The van der Waals surface area contributed by atoms with Gasteiger partial charge in [-0.05, 0) is 50.5 Å². The zero-order valence-electron chi connectivity index (χ0n) is 9.11. The number of fused-ring (bicyclic) bond motifs is 2. The molecule has 0 aliphatic heterocycles. The van der Waals surface area contributed by atoms with E-state index in [4.69, 9.17) is 0 Å². The van der Waals surface area contributed by atoms with Gasteiger partial charge in [0.15, 0.2) is 0 Å². The van der Waals surface area contributed by atoms with Crippen molar-refractivity contribution in [2.75, 3.05) is 0 Å². The highest BCUT2D eigenvalue weighted by atomic mass is 16.3. The molecule has 3 atom stereocenters. The maximum absolute atomic E-state index is 10.7. The molecule has 80 valence electrons. The van der Waals surface area contributed by atoms with Gasteiger partial charge in [-0.25, -0.2) is 0 Å². The van der Waals surface area contributed by atoms with Crippen LogP contribution in [0.25, 0.3) is 0 Å². The van der Waals surface area contributed by atoms with Crippen molar-refractivity contribution >= 4 is 0 Å². The molecule has 15 heavy (non-hydrogen) atoms. The molecule has 1 heterocycles. The van der Waals surface area contributed by atoms with Crippen molar-refractivity contribution < 1.29 is 5.11 Å². The van der Waals surface area contributed by atoms with E-state index in [1.807, 2.05) is 25.3 Å². The number of aryl methyl sites for hydroxylation is 1. The van der Waals surface area contributed by atoms with Crippen molar-refractivity contribution in [3.63, 3.8) is 0 Å². The fourth-order valence-electron chi connectivity index (χ4n) is 3.38. The van der Waals surface area contributed by atoms with Crippen molar-refractivity contribution in [2.45, 2.75) is 38.2 Å². The Kier molecular flexibility index (Phi) is 1.90. The quantitative estimate of drug-likeness (QED) is 0.760. The highest BCUT2D eigenvalue weighted by Crippen LogP contribution is 2.55. The van der Waals surface area contributed by atoms with Crippen LogP contribution in [-0.4, -0.2) is 10.1 Å². The monoisotopic (exact) mass is 203 g/mol. The van der Waals surface area contributed by atoms with Crippen LogP contribution in [-0.2, 0) is 5.60 Å². The molecule has 2 fully saturated rings. The van der Waals surface area contributed by atoms with Gasteiger partial charge in [0.05, 0.1) is 5.60 Å². The van der Waals surface area contributed by atoms with Crippen LogP contribution >= 0.6 is 0 Å². The highest BCUT2D eigenvalue weighted by Gasteiger charge is 2.50. The topological polar surface area (TPSA) is 33.1 Å². The Labute approximate surface area is 90.4 Å². The Morgan fingerprint density at radius 2 is 2.27 bits per heavy atom. The third kappa shape index (κ3) is 1.31. The number of hydrogen-bond acceptors (Lipinski definition) is 2. The zero-order chi connectivity index (χ0) is 10.5. The molecule has 3 rings (SSSR count). The Bertz CT molecular complexity index is 373. The smallest absolute Gasteiger partial charge is 0.0942 e. The summed E-state index contributed by atoms with van der Waals surface area (Å²) < 4.78 is 0. The SMILES string of the molecule is Cc1ccc(C2(O)CC3CCC2C3)cn1. The number of rotatable bonds is 1. The van der Waals surface area contributed by atoms with Crippen LogP contribution in [0.4, 0.5) is 0 Å². The summed E-state index contributed by atoms with van der Waals surface area (Å²) >= 11 is 0. The van der Waals surface area contributed by atoms with E-state index in [1.54, 1.807) is 0 Å². The summed E-state index contributed by atoms with van der Waals surface area (Å²) in [5.74, 6) is 1.23. The number of nitrogens with zero attached hydrogens (tertiary/aromatic N) is 1. The molecular formula is C13H17NO. The van der Waals surface area contributed by atoms with Crippen LogP contribution in [0.15, 0.2) is 18.3 Å². The Balaban J connectivity index is 1.96. The van der Waals surface area contributed by atoms with Crippen LogP contribution in [0, 0.1) is 18.8 Å². The van der Waals surface area contributed by atoms with E-state index in [-0.39, 0.29) is 0 Å². The summed E-state index contributed by atoms with van der Waals surface area (Å²) in [5.41, 5.74) is 1.48. The van der Waals surface area contributed by atoms with Crippen molar-refractivity contribution in [2.24, 2.45) is 11.8 Å². The fraction of sp³-hybridized carbons (Fsp3) is 0.615. The standard InChI is InChI=1S/C13H17NO/c1-9-2-4-12(8-14-9)13(15)7-10-3-5-11(13)6-10/h2,4,8,10-11,15H,3,5-7H2,1H3. The Morgan fingerprint density at radius 1 is 1.40 bits per heavy atom.